The smallest absolute Gasteiger partial charge is 0.178 e. The zero-order chi connectivity index (χ0) is 17.3. The van der Waals surface area contributed by atoms with E-state index in [9.17, 15) is 4.79 Å². The third-order valence-electron chi connectivity index (χ3n) is 6.68. The Morgan fingerprint density at radius 3 is 2.90 bits per heavy atom. The van der Waals surface area contributed by atoms with E-state index in [4.69, 9.17) is 4.11 Å². The lowest BCUT2D eigenvalue weighted by Crippen LogP contribution is -2.41. The normalized spacial score (nSPS) is 47.8. The standard InChI is InChI=1S/C20H26O/c1-19(2)10-9-16-15-5-4-13-12-14(21)8-11-20(13,3)18(15)7-6-17(16)19/h8,11-12,15,18H,4-7,9-10H2,1-3H3/t15-,18-,20-/m0/s1/i1D3/t15-,18-,19?,20-. The van der Waals surface area contributed by atoms with E-state index in [2.05, 4.69) is 13.0 Å². The molecule has 0 saturated heterocycles. The van der Waals surface area contributed by atoms with Gasteiger partial charge in [-0.15, -0.1) is 0 Å². The van der Waals surface area contributed by atoms with Gasteiger partial charge in [0.25, 0.3) is 0 Å². The number of fused-ring (bicyclic) bond motifs is 4. The highest BCUT2D eigenvalue weighted by molar-refractivity contribution is 6.01. The average molecular weight is 285 g/mol. The fourth-order valence-corrected chi connectivity index (χ4v) is 5.48. The van der Waals surface area contributed by atoms with Gasteiger partial charge in [-0.3, -0.25) is 4.79 Å². The first-order valence-electron chi connectivity index (χ1n) is 9.83. The first kappa shape index (κ1) is 10.6. The lowest BCUT2D eigenvalue weighted by Gasteiger charge is -2.50. The van der Waals surface area contributed by atoms with Crippen LogP contribution >= 0.6 is 0 Å². The molecule has 4 atom stereocenters. The molecule has 0 aromatic rings. The van der Waals surface area contributed by atoms with Crippen molar-refractivity contribution in [2.75, 3.05) is 0 Å². The van der Waals surface area contributed by atoms with E-state index in [0.29, 0.717) is 11.8 Å². The van der Waals surface area contributed by atoms with Crippen molar-refractivity contribution in [2.24, 2.45) is 22.7 Å². The molecule has 1 heteroatoms. The molecule has 4 aliphatic carbocycles. The van der Waals surface area contributed by atoms with Crippen LogP contribution in [0.2, 0.25) is 0 Å². The molecular formula is C20H26O. The molecule has 1 saturated carbocycles. The fraction of sp³-hybridized carbons (Fsp3) is 0.650. The predicted octanol–water partition coefficient (Wildman–Crippen LogP) is 4.99. The van der Waals surface area contributed by atoms with Crippen molar-refractivity contribution in [3.63, 3.8) is 0 Å². The first-order chi connectivity index (χ1) is 11.2. The molecule has 112 valence electrons. The van der Waals surface area contributed by atoms with Gasteiger partial charge in [-0.1, -0.05) is 43.5 Å². The minimum absolute atomic E-state index is 0.0195. The highest BCUT2D eigenvalue weighted by Gasteiger charge is 2.50. The molecule has 0 aromatic carbocycles. The number of hydrogen-bond acceptors (Lipinski definition) is 1. The van der Waals surface area contributed by atoms with E-state index >= 15 is 0 Å². The summed E-state index contributed by atoms with van der Waals surface area (Å²) in [6.07, 6.45) is 11.4. The molecule has 1 nitrogen and oxygen atoms in total. The van der Waals surface area contributed by atoms with Crippen LogP contribution in [0.4, 0.5) is 0 Å². The maximum atomic E-state index is 11.8. The zero-order valence-corrected chi connectivity index (χ0v) is 13.0. The van der Waals surface area contributed by atoms with Crippen LogP contribution in [0, 0.1) is 22.7 Å². The van der Waals surface area contributed by atoms with Gasteiger partial charge in [0.2, 0.25) is 0 Å². The number of allylic oxidation sites excluding steroid dienone is 6. The highest BCUT2D eigenvalue weighted by Crippen LogP contribution is 2.61. The molecule has 0 bridgehead atoms. The number of hydrogen-bond donors (Lipinski definition) is 0. The lowest BCUT2D eigenvalue weighted by atomic mass is 9.53. The van der Waals surface area contributed by atoms with Crippen molar-refractivity contribution < 1.29 is 8.91 Å². The monoisotopic (exact) mass is 285 g/mol. The molecule has 0 radical (unpaired) electrons. The number of rotatable bonds is 0. The average Bonchev–Trinajstić information content (AvgIpc) is 2.87. The van der Waals surface area contributed by atoms with E-state index in [1.165, 1.54) is 16.7 Å². The molecule has 0 aromatic heterocycles. The first-order valence-corrected chi connectivity index (χ1v) is 8.33. The van der Waals surface area contributed by atoms with Gasteiger partial charge in [0, 0.05) is 9.53 Å². The van der Waals surface area contributed by atoms with Crippen molar-refractivity contribution in [3.8, 4) is 0 Å². The van der Waals surface area contributed by atoms with Gasteiger partial charge < -0.3 is 0 Å². The Morgan fingerprint density at radius 1 is 1.24 bits per heavy atom. The minimum Gasteiger partial charge on any atom is -0.290 e. The zero-order valence-electron chi connectivity index (χ0n) is 16.0. The molecule has 0 aliphatic heterocycles. The van der Waals surface area contributed by atoms with Gasteiger partial charge in [0.1, 0.15) is 0 Å². The van der Waals surface area contributed by atoms with Gasteiger partial charge >= 0.3 is 0 Å². The van der Waals surface area contributed by atoms with Crippen molar-refractivity contribution in [2.45, 2.75) is 59.2 Å². The predicted molar refractivity (Wildman–Crippen MR) is 85.8 cm³/mol. The van der Waals surface area contributed by atoms with Crippen LogP contribution in [0.1, 0.15) is 63.3 Å². The minimum atomic E-state index is -1.91. The van der Waals surface area contributed by atoms with Crippen LogP contribution in [-0.2, 0) is 4.79 Å². The summed E-state index contributed by atoms with van der Waals surface area (Å²) in [4.78, 5) is 11.8. The van der Waals surface area contributed by atoms with E-state index in [1.54, 1.807) is 6.08 Å². The van der Waals surface area contributed by atoms with Gasteiger partial charge in [-0.25, -0.2) is 0 Å². The molecule has 0 heterocycles. The topological polar surface area (TPSA) is 17.1 Å². The van der Waals surface area contributed by atoms with Crippen LogP contribution in [0.5, 0.6) is 0 Å². The Kier molecular flexibility index (Phi) is 2.12. The summed E-state index contributed by atoms with van der Waals surface area (Å²) < 4.78 is 24.1. The van der Waals surface area contributed by atoms with Crippen LogP contribution in [0.3, 0.4) is 0 Å². The number of carbonyl (C=O) groups excluding carboxylic acids is 1. The molecule has 21 heavy (non-hydrogen) atoms. The SMILES string of the molecule is [2H]C([2H])([2H])C1(C)CCC2=C1CC[C@H]1[C@H]2CCC2=CC(=O)C=C[C@@]21C. The van der Waals surface area contributed by atoms with Crippen molar-refractivity contribution in [1.82, 2.24) is 0 Å². The summed E-state index contributed by atoms with van der Waals surface area (Å²) in [7, 11) is 0. The Hall–Kier alpha value is -1.11. The van der Waals surface area contributed by atoms with Gasteiger partial charge in [0.05, 0.1) is 0 Å². The van der Waals surface area contributed by atoms with Crippen molar-refractivity contribution in [3.05, 3.63) is 34.9 Å². The summed E-state index contributed by atoms with van der Waals surface area (Å²) in [5, 5.41) is 0. The molecular weight excluding hydrogens is 256 g/mol. The molecule has 0 amide bonds. The summed E-state index contributed by atoms with van der Waals surface area (Å²) in [6, 6.07) is 0. The quantitative estimate of drug-likeness (QED) is 0.573. The van der Waals surface area contributed by atoms with Crippen LogP contribution in [0.15, 0.2) is 34.9 Å². The van der Waals surface area contributed by atoms with Crippen molar-refractivity contribution >= 4 is 5.78 Å². The van der Waals surface area contributed by atoms with E-state index < -0.39 is 12.3 Å². The summed E-state index contributed by atoms with van der Waals surface area (Å²) in [5.41, 5.74) is 3.35. The van der Waals surface area contributed by atoms with E-state index in [0.717, 1.165) is 38.5 Å². The molecule has 1 unspecified atom stereocenters. The second-order valence-electron chi connectivity index (χ2n) is 7.81. The summed E-state index contributed by atoms with van der Waals surface area (Å²) in [6.45, 7) is 2.33. The summed E-state index contributed by atoms with van der Waals surface area (Å²) >= 11 is 0. The third kappa shape index (κ3) is 1.79. The largest absolute Gasteiger partial charge is 0.290 e. The Morgan fingerprint density at radius 2 is 2.10 bits per heavy atom. The molecule has 0 spiro atoms. The Balaban J connectivity index is 1.74. The van der Waals surface area contributed by atoms with E-state index in [1.807, 2.05) is 13.0 Å². The second-order valence-corrected chi connectivity index (χ2v) is 7.81. The van der Waals surface area contributed by atoms with Crippen LogP contribution in [-0.4, -0.2) is 5.78 Å². The number of carbonyl (C=O) groups is 1. The Bertz CT molecular complexity index is 696. The van der Waals surface area contributed by atoms with Gasteiger partial charge in [0.15, 0.2) is 5.78 Å². The maximum Gasteiger partial charge on any atom is 0.178 e. The van der Waals surface area contributed by atoms with Crippen molar-refractivity contribution in [1.29, 1.82) is 0 Å². The summed E-state index contributed by atoms with van der Waals surface area (Å²) in [5.74, 6) is 1.13. The van der Waals surface area contributed by atoms with Crippen LogP contribution < -0.4 is 0 Å². The lowest BCUT2D eigenvalue weighted by molar-refractivity contribution is -0.110. The number of ketones is 1. The highest BCUT2D eigenvalue weighted by atomic mass is 16.1. The maximum absolute atomic E-state index is 11.8. The molecule has 4 rings (SSSR count). The van der Waals surface area contributed by atoms with Gasteiger partial charge in [-0.05, 0) is 67.9 Å². The third-order valence-corrected chi connectivity index (χ3v) is 6.68. The second kappa shape index (κ2) is 4.21. The molecule has 4 aliphatic rings. The fourth-order valence-electron chi connectivity index (χ4n) is 5.48. The van der Waals surface area contributed by atoms with E-state index in [-0.39, 0.29) is 11.2 Å². The molecule has 1 fully saturated rings. The molecule has 0 N–H and O–H groups in total. The van der Waals surface area contributed by atoms with Gasteiger partial charge in [-0.2, -0.15) is 0 Å². The Labute approximate surface area is 132 Å². The van der Waals surface area contributed by atoms with Crippen LogP contribution in [0.25, 0.3) is 0 Å².